The van der Waals surface area contributed by atoms with Crippen LogP contribution in [-0.4, -0.2) is 26.2 Å². The molecule has 0 aliphatic carbocycles. The highest BCUT2D eigenvalue weighted by atomic mass is 35.5. The first kappa shape index (κ1) is 17.1. The van der Waals surface area contributed by atoms with Crippen molar-refractivity contribution in [1.29, 1.82) is 0 Å². The smallest absolute Gasteiger partial charge is 0.257 e. The monoisotopic (exact) mass is 337 g/mol. The first-order valence-electron chi connectivity index (χ1n) is 7.06. The van der Waals surface area contributed by atoms with Crippen LogP contribution < -0.4 is 14.8 Å². The summed E-state index contributed by atoms with van der Waals surface area (Å²) in [5.74, 6) is 0.572. The van der Waals surface area contributed by atoms with E-state index < -0.39 is 0 Å². The third kappa shape index (κ3) is 5.45. The Balaban J connectivity index is 1.76. The molecule has 0 heterocycles. The van der Waals surface area contributed by atoms with Gasteiger partial charge in [0.15, 0.2) is 6.61 Å². The van der Waals surface area contributed by atoms with Gasteiger partial charge in [-0.3, -0.25) is 4.79 Å². The fourth-order valence-corrected chi connectivity index (χ4v) is 2.14. The fourth-order valence-electron chi connectivity index (χ4n) is 2.01. The van der Waals surface area contributed by atoms with E-state index in [1.54, 1.807) is 30.3 Å². The Labute approximate surface area is 139 Å². The van der Waals surface area contributed by atoms with Crippen molar-refractivity contribution >= 4 is 17.5 Å². The predicted octanol–water partition coefficient (Wildman–Crippen LogP) is 3.23. The Bertz CT molecular complexity index is 661. The van der Waals surface area contributed by atoms with Crippen LogP contribution in [0.5, 0.6) is 11.5 Å². The Morgan fingerprint density at radius 1 is 1.22 bits per heavy atom. The molecule has 23 heavy (non-hydrogen) atoms. The van der Waals surface area contributed by atoms with Crippen LogP contribution in [0, 0.1) is 5.82 Å². The van der Waals surface area contributed by atoms with Gasteiger partial charge in [-0.15, -0.1) is 0 Å². The van der Waals surface area contributed by atoms with Crippen molar-refractivity contribution in [3.63, 3.8) is 0 Å². The van der Waals surface area contributed by atoms with E-state index in [4.69, 9.17) is 21.1 Å². The summed E-state index contributed by atoms with van der Waals surface area (Å²) in [7, 11) is 1.52. The second-order valence-corrected chi connectivity index (χ2v) is 5.24. The number of hydrogen-bond donors (Lipinski definition) is 1. The minimum Gasteiger partial charge on any atom is -0.496 e. The molecule has 2 aromatic rings. The average Bonchev–Trinajstić information content (AvgIpc) is 2.54. The molecular weight excluding hydrogens is 321 g/mol. The number of rotatable bonds is 7. The molecule has 0 bridgehead atoms. The summed E-state index contributed by atoms with van der Waals surface area (Å²) in [6, 6.07) is 11.0. The minimum atomic E-state index is -0.335. The molecule has 0 saturated carbocycles. The van der Waals surface area contributed by atoms with Crippen LogP contribution in [0.15, 0.2) is 42.5 Å². The molecule has 0 aliphatic heterocycles. The van der Waals surface area contributed by atoms with Crippen molar-refractivity contribution in [3.05, 3.63) is 58.9 Å². The standard InChI is InChI=1S/C17H17ClFNO3/c1-22-16-7-4-14(19)10-12(16)8-9-20-17(21)11-23-15-5-2-13(18)3-6-15/h2-7,10H,8-9,11H2,1H3,(H,20,21). The largest absolute Gasteiger partial charge is 0.496 e. The van der Waals surface area contributed by atoms with E-state index in [0.717, 1.165) is 0 Å². The lowest BCUT2D eigenvalue weighted by Crippen LogP contribution is -2.30. The molecule has 0 saturated heterocycles. The summed E-state index contributed by atoms with van der Waals surface area (Å²) < 4.78 is 23.7. The third-order valence-electron chi connectivity index (χ3n) is 3.14. The first-order valence-corrected chi connectivity index (χ1v) is 7.44. The second kappa shape index (κ2) is 8.39. The van der Waals surface area contributed by atoms with Crippen LogP contribution in [0.2, 0.25) is 5.02 Å². The van der Waals surface area contributed by atoms with E-state index in [-0.39, 0.29) is 18.3 Å². The summed E-state index contributed by atoms with van der Waals surface area (Å²) >= 11 is 5.77. The number of halogens is 2. The molecular formula is C17H17ClFNO3. The second-order valence-electron chi connectivity index (χ2n) is 4.80. The van der Waals surface area contributed by atoms with Crippen LogP contribution in [0.3, 0.4) is 0 Å². The van der Waals surface area contributed by atoms with Crippen molar-refractivity contribution in [1.82, 2.24) is 5.32 Å². The molecule has 6 heteroatoms. The quantitative estimate of drug-likeness (QED) is 0.844. The average molecular weight is 338 g/mol. The molecule has 0 fully saturated rings. The Morgan fingerprint density at radius 2 is 1.96 bits per heavy atom. The van der Waals surface area contributed by atoms with E-state index in [0.29, 0.717) is 35.1 Å². The fraction of sp³-hybridized carbons (Fsp3) is 0.235. The number of benzene rings is 2. The van der Waals surface area contributed by atoms with Gasteiger partial charge in [-0.05, 0) is 54.4 Å². The molecule has 1 N–H and O–H groups in total. The van der Waals surface area contributed by atoms with Gasteiger partial charge < -0.3 is 14.8 Å². The van der Waals surface area contributed by atoms with Gasteiger partial charge in [0.2, 0.25) is 0 Å². The highest BCUT2D eigenvalue weighted by Gasteiger charge is 2.07. The summed E-state index contributed by atoms with van der Waals surface area (Å²) in [6.45, 7) is 0.268. The normalized spacial score (nSPS) is 10.2. The number of carbonyl (C=O) groups excluding carboxylic acids is 1. The number of nitrogens with one attached hydrogen (secondary N) is 1. The van der Waals surface area contributed by atoms with Crippen LogP contribution >= 0.6 is 11.6 Å². The van der Waals surface area contributed by atoms with Gasteiger partial charge >= 0.3 is 0 Å². The molecule has 0 spiro atoms. The predicted molar refractivity (Wildman–Crippen MR) is 86.6 cm³/mol. The zero-order chi connectivity index (χ0) is 16.7. The van der Waals surface area contributed by atoms with Gasteiger partial charge in [-0.1, -0.05) is 11.6 Å². The molecule has 0 radical (unpaired) electrons. The van der Waals surface area contributed by atoms with Crippen LogP contribution in [-0.2, 0) is 11.2 Å². The molecule has 1 amide bonds. The van der Waals surface area contributed by atoms with E-state index in [1.165, 1.54) is 19.2 Å². The Morgan fingerprint density at radius 3 is 2.65 bits per heavy atom. The number of methoxy groups -OCH3 is 1. The zero-order valence-corrected chi connectivity index (χ0v) is 13.4. The number of ether oxygens (including phenoxy) is 2. The summed E-state index contributed by atoms with van der Waals surface area (Å²) in [5.41, 5.74) is 0.700. The van der Waals surface area contributed by atoms with Gasteiger partial charge in [0.25, 0.3) is 5.91 Å². The molecule has 4 nitrogen and oxygen atoms in total. The highest BCUT2D eigenvalue weighted by molar-refractivity contribution is 6.30. The lowest BCUT2D eigenvalue weighted by molar-refractivity contribution is -0.123. The lowest BCUT2D eigenvalue weighted by atomic mass is 10.1. The summed E-state index contributed by atoms with van der Waals surface area (Å²) in [5, 5.41) is 3.32. The van der Waals surface area contributed by atoms with Crippen molar-refractivity contribution in [2.24, 2.45) is 0 Å². The topological polar surface area (TPSA) is 47.6 Å². The number of hydrogen-bond acceptors (Lipinski definition) is 3. The third-order valence-corrected chi connectivity index (χ3v) is 3.39. The first-order chi connectivity index (χ1) is 11.1. The summed E-state index contributed by atoms with van der Waals surface area (Å²) in [4.78, 5) is 11.7. The molecule has 0 atom stereocenters. The van der Waals surface area contributed by atoms with Crippen molar-refractivity contribution in [3.8, 4) is 11.5 Å². The maximum absolute atomic E-state index is 13.2. The molecule has 2 aromatic carbocycles. The molecule has 0 aliphatic rings. The molecule has 122 valence electrons. The van der Waals surface area contributed by atoms with E-state index in [1.807, 2.05) is 0 Å². The van der Waals surface area contributed by atoms with Crippen LogP contribution in [0.1, 0.15) is 5.56 Å². The van der Waals surface area contributed by atoms with Gasteiger partial charge in [-0.2, -0.15) is 0 Å². The van der Waals surface area contributed by atoms with Gasteiger partial charge in [0, 0.05) is 11.6 Å². The highest BCUT2D eigenvalue weighted by Crippen LogP contribution is 2.19. The van der Waals surface area contributed by atoms with Crippen LogP contribution in [0.25, 0.3) is 0 Å². The molecule has 0 unspecified atom stereocenters. The van der Waals surface area contributed by atoms with E-state index in [2.05, 4.69) is 5.32 Å². The van der Waals surface area contributed by atoms with Gasteiger partial charge in [0.1, 0.15) is 17.3 Å². The summed E-state index contributed by atoms with van der Waals surface area (Å²) in [6.07, 6.45) is 0.466. The SMILES string of the molecule is COc1ccc(F)cc1CCNC(=O)COc1ccc(Cl)cc1. The number of amides is 1. The Hall–Kier alpha value is -2.27. The van der Waals surface area contributed by atoms with E-state index in [9.17, 15) is 9.18 Å². The lowest BCUT2D eigenvalue weighted by Gasteiger charge is -2.10. The van der Waals surface area contributed by atoms with Crippen molar-refractivity contribution in [2.45, 2.75) is 6.42 Å². The van der Waals surface area contributed by atoms with Gasteiger partial charge in [-0.25, -0.2) is 4.39 Å². The molecule has 2 rings (SSSR count). The molecule has 0 aromatic heterocycles. The van der Waals surface area contributed by atoms with E-state index >= 15 is 0 Å². The van der Waals surface area contributed by atoms with Gasteiger partial charge in [0.05, 0.1) is 7.11 Å². The maximum Gasteiger partial charge on any atom is 0.257 e. The number of carbonyl (C=O) groups is 1. The van der Waals surface area contributed by atoms with Crippen molar-refractivity contribution in [2.75, 3.05) is 20.3 Å². The minimum absolute atomic E-state index is 0.0953. The van der Waals surface area contributed by atoms with Crippen molar-refractivity contribution < 1.29 is 18.7 Å². The van der Waals surface area contributed by atoms with Crippen LogP contribution in [0.4, 0.5) is 4.39 Å². The maximum atomic E-state index is 13.2. The zero-order valence-electron chi connectivity index (χ0n) is 12.6. The Kier molecular flexibility index (Phi) is 6.23.